The number of rotatable bonds is 5. The molecule has 0 spiro atoms. The Morgan fingerprint density at radius 3 is 2.63 bits per heavy atom. The molecule has 0 saturated carbocycles. The van der Waals surface area contributed by atoms with Crippen molar-refractivity contribution < 1.29 is 0 Å². The summed E-state index contributed by atoms with van der Waals surface area (Å²) in [6.45, 7) is 14.3. The zero-order valence-electron chi connectivity index (χ0n) is 12.6. The molecular formula is C19H26. The lowest BCUT2D eigenvalue weighted by Gasteiger charge is -2.19. The molecule has 1 unspecified atom stereocenters. The lowest BCUT2D eigenvalue weighted by molar-refractivity contribution is 0.517. The monoisotopic (exact) mass is 254 g/mol. The van der Waals surface area contributed by atoms with Gasteiger partial charge in [0.15, 0.2) is 0 Å². The lowest BCUT2D eigenvalue weighted by atomic mass is 9.86. The van der Waals surface area contributed by atoms with Gasteiger partial charge in [-0.05, 0) is 61.8 Å². The number of allylic oxidation sites excluding steroid dienone is 10. The summed E-state index contributed by atoms with van der Waals surface area (Å²) in [6, 6.07) is 0. The maximum absolute atomic E-state index is 4.05. The highest BCUT2D eigenvalue weighted by molar-refractivity contribution is 5.49. The van der Waals surface area contributed by atoms with Gasteiger partial charge in [0.05, 0.1) is 0 Å². The van der Waals surface area contributed by atoms with Crippen LogP contribution < -0.4 is 0 Å². The van der Waals surface area contributed by atoms with Crippen molar-refractivity contribution >= 4 is 0 Å². The summed E-state index contributed by atoms with van der Waals surface area (Å²) in [7, 11) is 0. The second-order valence-electron chi connectivity index (χ2n) is 5.33. The predicted molar refractivity (Wildman–Crippen MR) is 87.1 cm³/mol. The molecule has 1 rings (SSSR count). The van der Waals surface area contributed by atoms with Crippen molar-refractivity contribution in [1.29, 1.82) is 0 Å². The van der Waals surface area contributed by atoms with Crippen LogP contribution in [0.1, 0.15) is 40.0 Å². The first-order valence-electron chi connectivity index (χ1n) is 7.10. The van der Waals surface area contributed by atoms with E-state index < -0.39 is 0 Å². The van der Waals surface area contributed by atoms with Crippen molar-refractivity contribution in [2.24, 2.45) is 5.92 Å². The molecule has 0 nitrogen and oxygen atoms in total. The molecule has 0 saturated heterocycles. The molecule has 0 fully saturated rings. The number of hydrogen-bond acceptors (Lipinski definition) is 0. The van der Waals surface area contributed by atoms with Crippen molar-refractivity contribution in [3.63, 3.8) is 0 Å². The van der Waals surface area contributed by atoms with Crippen LogP contribution in [0.5, 0.6) is 0 Å². The van der Waals surface area contributed by atoms with Crippen LogP contribution in [-0.4, -0.2) is 0 Å². The Morgan fingerprint density at radius 2 is 2.16 bits per heavy atom. The summed E-state index contributed by atoms with van der Waals surface area (Å²) in [4.78, 5) is 0. The molecule has 0 N–H and O–H groups in total. The van der Waals surface area contributed by atoms with E-state index in [1.54, 1.807) is 6.08 Å². The minimum Gasteiger partial charge on any atom is -0.0991 e. The van der Waals surface area contributed by atoms with E-state index in [0.29, 0.717) is 0 Å². The summed E-state index contributed by atoms with van der Waals surface area (Å²) >= 11 is 0. The van der Waals surface area contributed by atoms with Crippen molar-refractivity contribution in [1.82, 2.24) is 0 Å². The maximum atomic E-state index is 4.05. The van der Waals surface area contributed by atoms with Crippen molar-refractivity contribution in [2.75, 3.05) is 0 Å². The lowest BCUT2D eigenvalue weighted by Crippen LogP contribution is -2.02. The van der Waals surface area contributed by atoms with Gasteiger partial charge in [0.2, 0.25) is 0 Å². The molecule has 0 aliphatic heterocycles. The molecule has 0 aromatic rings. The van der Waals surface area contributed by atoms with Crippen molar-refractivity contribution in [3.8, 4) is 0 Å². The van der Waals surface area contributed by atoms with E-state index in [-0.39, 0.29) is 0 Å². The van der Waals surface area contributed by atoms with Gasteiger partial charge >= 0.3 is 0 Å². The topological polar surface area (TPSA) is 0 Å². The molecule has 0 aromatic heterocycles. The van der Waals surface area contributed by atoms with Gasteiger partial charge < -0.3 is 0 Å². The minimum atomic E-state index is 0.826. The molecule has 0 radical (unpaired) electrons. The Morgan fingerprint density at radius 1 is 1.42 bits per heavy atom. The van der Waals surface area contributed by atoms with Gasteiger partial charge in [-0.2, -0.15) is 0 Å². The van der Waals surface area contributed by atoms with Crippen LogP contribution in [0.15, 0.2) is 71.9 Å². The van der Waals surface area contributed by atoms with Crippen LogP contribution in [0.25, 0.3) is 0 Å². The summed E-state index contributed by atoms with van der Waals surface area (Å²) in [5, 5.41) is 0. The van der Waals surface area contributed by atoms with Gasteiger partial charge in [0.1, 0.15) is 0 Å². The Hall–Kier alpha value is -1.56. The van der Waals surface area contributed by atoms with E-state index in [1.807, 2.05) is 13.0 Å². The Kier molecular flexibility index (Phi) is 6.35. The molecule has 0 aromatic carbocycles. The van der Waals surface area contributed by atoms with Crippen LogP contribution in [0.2, 0.25) is 0 Å². The molecule has 0 bridgehead atoms. The van der Waals surface area contributed by atoms with Crippen LogP contribution >= 0.6 is 0 Å². The predicted octanol–water partition coefficient (Wildman–Crippen LogP) is 5.92. The zero-order valence-corrected chi connectivity index (χ0v) is 12.6. The fraction of sp³-hybridized carbons (Fsp3) is 0.368. The average Bonchev–Trinajstić information content (AvgIpc) is 2.40. The fourth-order valence-corrected chi connectivity index (χ4v) is 2.24. The first-order chi connectivity index (χ1) is 9.08. The second-order valence-corrected chi connectivity index (χ2v) is 5.33. The summed E-state index contributed by atoms with van der Waals surface area (Å²) in [5.74, 6) is 0.826. The van der Waals surface area contributed by atoms with Gasteiger partial charge in [-0.3, -0.25) is 0 Å². The maximum Gasteiger partial charge on any atom is -0.0227 e. The van der Waals surface area contributed by atoms with Gasteiger partial charge in [0.25, 0.3) is 0 Å². The third-order valence-corrected chi connectivity index (χ3v) is 3.57. The standard InChI is InChI=1S/C19H26/c1-6-8-9-19(15(3)4)14-17(7-2)18-12-10-16(5)11-13-18/h6-9,12,14,16H,1,3,10-11,13H2,2,4-5H3/b9-8-,17-7?,19-14-. The molecule has 1 aliphatic carbocycles. The first-order valence-corrected chi connectivity index (χ1v) is 7.10. The van der Waals surface area contributed by atoms with Crippen LogP contribution in [0, 0.1) is 5.92 Å². The molecule has 0 amide bonds. The summed E-state index contributed by atoms with van der Waals surface area (Å²) in [6.07, 6.45) is 16.4. The quantitative estimate of drug-likeness (QED) is 0.534. The molecule has 19 heavy (non-hydrogen) atoms. The average molecular weight is 254 g/mol. The van der Waals surface area contributed by atoms with E-state index in [2.05, 4.69) is 51.3 Å². The molecule has 0 heterocycles. The van der Waals surface area contributed by atoms with Crippen molar-refractivity contribution in [2.45, 2.75) is 40.0 Å². The van der Waals surface area contributed by atoms with E-state index in [0.717, 1.165) is 11.5 Å². The normalized spacial score (nSPS) is 21.4. The summed E-state index contributed by atoms with van der Waals surface area (Å²) < 4.78 is 0. The van der Waals surface area contributed by atoms with Crippen LogP contribution in [0.4, 0.5) is 0 Å². The third kappa shape index (κ3) is 4.90. The summed E-state index contributed by atoms with van der Waals surface area (Å²) in [5.41, 5.74) is 5.07. The Bertz CT molecular complexity index is 452. The highest BCUT2D eigenvalue weighted by Crippen LogP contribution is 2.29. The van der Waals surface area contributed by atoms with E-state index in [9.17, 15) is 0 Å². The van der Waals surface area contributed by atoms with Gasteiger partial charge in [-0.25, -0.2) is 0 Å². The van der Waals surface area contributed by atoms with E-state index in [4.69, 9.17) is 0 Å². The smallest absolute Gasteiger partial charge is 0.0227 e. The first kappa shape index (κ1) is 15.5. The van der Waals surface area contributed by atoms with Crippen LogP contribution in [-0.2, 0) is 0 Å². The molecule has 102 valence electrons. The van der Waals surface area contributed by atoms with Gasteiger partial charge in [-0.15, -0.1) is 0 Å². The van der Waals surface area contributed by atoms with Crippen molar-refractivity contribution in [3.05, 3.63) is 71.9 Å². The highest BCUT2D eigenvalue weighted by atomic mass is 14.2. The number of hydrogen-bond donors (Lipinski definition) is 0. The zero-order chi connectivity index (χ0) is 14.3. The Labute approximate surface area is 118 Å². The van der Waals surface area contributed by atoms with Gasteiger partial charge in [0, 0.05) is 0 Å². The molecule has 0 heteroatoms. The minimum absolute atomic E-state index is 0.826. The van der Waals surface area contributed by atoms with Gasteiger partial charge in [-0.1, -0.05) is 56.0 Å². The molecule has 1 aliphatic rings. The molecule has 1 atom stereocenters. The third-order valence-electron chi connectivity index (χ3n) is 3.57. The van der Waals surface area contributed by atoms with E-state index >= 15 is 0 Å². The highest BCUT2D eigenvalue weighted by Gasteiger charge is 2.12. The SMILES string of the molecule is C=C/C=C\C(=C\C(=CC)C1=CCC(C)CC1)C(=C)C. The van der Waals surface area contributed by atoms with Crippen LogP contribution in [0.3, 0.4) is 0 Å². The fourth-order valence-electron chi connectivity index (χ4n) is 2.24. The largest absolute Gasteiger partial charge is 0.0991 e. The van der Waals surface area contributed by atoms with E-state index in [1.165, 1.54) is 36.0 Å². The Balaban J connectivity index is 2.99. The molecular weight excluding hydrogens is 228 g/mol. The second kappa shape index (κ2) is 7.78.